The van der Waals surface area contributed by atoms with Gasteiger partial charge in [0, 0.05) is 6.61 Å². The van der Waals surface area contributed by atoms with E-state index in [0.717, 1.165) is 12.0 Å². The quantitative estimate of drug-likeness (QED) is 0.793. The van der Waals surface area contributed by atoms with E-state index < -0.39 is 5.54 Å². The molecule has 1 heterocycles. The van der Waals surface area contributed by atoms with Crippen molar-refractivity contribution in [2.45, 2.75) is 38.6 Å². The van der Waals surface area contributed by atoms with Crippen molar-refractivity contribution in [2.24, 2.45) is 5.73 Å². The summed E-state index contributed by atoms with van der Waals surface area (Å²) in [4.78, 5) is 4.45. The Morgan fingerprint density at radius 2 is 2.05 bits per heavy atom. The fourth-order valence-electron chi connectivity index (χ4n) is 2.02. The third-order valence-corrected chi connectivity index (χ3v) is 3.37. The van der Waals surface area contributed by atoms with Gasteiger partial charge in [-0.1, -0.05) is 42.4 Å². The Labute approximate surface area is 125 Å². The van der Waals surface area contributed by atoms with E-state index in [2.05, 4.69) is 17.1 Å². The number of nitrogens with zero attached hydrogens (tertiary/aromatic N) is 2. The molecule has 0 saturated heterocycles. The molecule has 0 aliphatic heterocycles. The predicted molar refractivity (Wildman–Crippen MR) is 80.9 cm³/mol. The van der Waals surface area contributed by atoms with Gasteiger partial charge < -0.3 is 15.0 Å². The molecule has 0 spiro atoms. The first-order chi connectivity index (χ1) is 10.0. The molecule has 21 heavy (non-hydrogen) atoms. The van der Waals surface area contributed by atoms with Gasteiger partial charge in [-0.15, -0.1) is 0 Å². The van der Waals surface area contributed by atoms with Crippen molar-refractivity contribution in [3.63, 3.8) is 0 Å². The first-order valence-corrected chi connectivity index (χ1v) is 7.30. The molecule has 2 atom stereocenters. The lowest BCUT2D eigenvalue weighted by Crippen LogP contribution is -2.39. The van der Waals surface area contributed by atoms with E-state index in [1.165, 1.54) is 0 Å². The minimum atomic E-state index is -0.743. The number of hydrogen-bond acceptors (Lipinski definition) is 5. The van der Waals surface area contributed by atoms with Gasteiger partial charge in [0.25, 0.3) is 0 Å². The highest BCUT2D eigenvalue weighted by atomic mass is 16.5. The van der Waals surface area contributed by atoms with Crippen molar-refractivity contribution < 1.29 is 9.26 Å². The highest BCUT2D eigenvalue weighted by Gasteiger charge is 2.29. The number of benzene rings is 1. The molecule has 1 aromatic carbocycles. The third-order valence-electron chi connectivity index (χ3n) is 3.37. The van der Waals surface area contributed by atoms with E-state index in [0.29, 0.717) is 24.9 Å². The van der Waals surface area contributed by atoms with Gasteiger partial charge in [-0.25, -0.2) is 0 Å². The van der Waals surface area contributed by atoms with E-state index in [1.807, 2.05) is 44.2 Å². The molecule has 2 aromatic rings. The van der Waals surface area contributed by atoms with Gasteiger partial charge in [-0.05, 0) is 25.8 Å². The van der Waals surface area contributed by atoms with Crippen LogP contribution in [-0.4, -0.2) is 23.4 Å². The second-order valence-electron chi connectivity index (χ2n) is 5.56. The monoisotopic (exact) mass is 289 g/mol. The van der Waals surface area contributed by atoms with E-state index in [4.69, 9.17) is 15.0 Å². The summed E-state index contributed by atoms with van der Waals surface area (Å²) in [6.45, 7) is 7.00. The number of aromatic nitrogens is 2. The molecule has 0 saturated carbocycles. The van der Waals surface area contributed by atoms with Crippen LogP contribution in [0.1, 0.15) is 50.4 Å². The maximum Gasteiger partial charge on any atom is 0.233 e. The summed E-state index contributed by atoms with van der Waals surface area (Å²) in [6, 6.07) is 10.1. The van der Waals surface area contributed by atoms with Crippen molar-refractivity contribution in [1.29, 1.82) is 0 Å². The van der Waals surface area contributed by atoms with E-state index in [-0.39, 0.29) is 5.92 Å². The molecule has 5 heteroatoms. The SMILES string of the molecule is CCCOCC(C)(N)c1noc(C(C)c2ccccc2)n1. The second-order valence-corrected chi connectivity index (χ2v) is 5.56. The normalized spacial score (nSPS) is 15.6. The van der Waals surface area contributed by atoms with Gasteiger partial charge in [0.15, 0.2) is 5.82 Å². The Balaban J connectivity index is 2.10. The van der Waals surface area contributed by atoms with Gasteiger partial charge in [0.1, 0.15) is 5.54 Å². The van der Waals surface area contributed by atoms with Gasteiger partial charge in [-0.2, -0.15) is 4.98 Å². The molecule has 2 unspecified atom stereocenters. The van der Waals surface area contributed by atoms with Crippen molar-refractivity contribution in [1.82, 2.24) is 10.1 Å². The van der Waals surface area contributed by atoms with Gasteiger partial charge in [0.2, 0.25) is 5.89 Å². The number of ether oxygens (including phenoxy) is 1. The Kier molecular flexibility index (Phi) is 5.09. The minimum absolute atomic E-state index is 0.0415. The molecule has 0 fully saturated rings. The van der Waals surface area contributed by atoms with Crippen LogP contribution in [0.5, 0.6) is 0 Å². The Bertz CT molecular complexity index is 552. The maximum absolute atomic E-state index is 6.22. The summed E-state index contributed by atoms with van der Waals surface area (Å²) in [5.74, 6) is 1.10. The zero-order valence-corrected chi connectivity index (χ0v) is 12.9. The summed E-state index contributed by atoms with van der Waals surface area (Å²) in [6.07, 6.45) is 0.957. The zero-order valence-electron chi connectivity index (χ0n) is 12.9. The maximum atomic E-state index is 6.22. The zero-order chi connectivity index (χ0) is 15.3. The summed E-state index contributed by atoms with van der Waals surface area (Å²) in [5, 5.41) is 4.02. The fourth-order valence-corrected chi connectivity index (χ4v) is 2.02. The molecule has 0 aliphatic rings. The molecule has 5 nitrogen and oxygen atoms in total. The highest BCUT2D eigenvalue weighted by Crippen LogP contribution is 2.24. The van der Waals surface area contributed by atoms with E-state index in [9.17, 15) is 0 Å². The molecular formula is C16H23N3O2. The average molecular weight is 289 g/mol. The first-order valence-electron chi connectivity index (χ1n) is 7.30. The molecule has 114 valence electrons. The van der Waals surface area contributed by atoms with Crippen LogP contribution in [0, 0.1) is 0 Å². The van der Waals surface area contributed by atoms with Gasteiger partial charge in [0.05, 0.1) is 12.5 Å². The Morgan fingerprint density at radius 1 is 1.33 bits per heavy atom. The van der Waals surface area contributed by atoms with Crippen LogP contribution in [0.15, 0.2) is 34.9 Å². The second kappa shape index (κ2) is 6.83. The molecule has 0 amide bonds. The van der Waals surface area contributed by atoms with Crippen molar-refractivity contribution in [3.05, 3.63) is 47.6 Å². The smallest absolute Gasteiger partial charge is 0.233 e. The molecule has 0 bridgehead atoms. The van der Waals surface area contributed by atoms with Crippen LogP contribution in [0.25, 0.3) is 0 Å². The standard InChI is InChI=1S/C16H23N3O2/c1-4-10-20-11-16(3,17)15-18-14(21-19-15)12(2)13-8-6-5-7-9-13/h5-9,12H,4,10-11,17H2,1-3H3. The summed E-state index contributed by atoms with van der Waals surface area (Å²) >= 11 is 0. The van der Waals surface area contributed by atoms with Crippen LogP contribution < -0.4 is 5.73 Å². The Morgan fingerprint density at radius 3 is 2.71 bits per heavy atom. The molecular weight excluding hydrogens is 266 g/mol. The number of hydrogen-bond donors (Lipinski definition) is 1. The largest absolute Gasteiger partial charge is 0.379 e. The average Bonchev–Trinajstić information content (AvgIpc) is 2.98. The third kappa shape index (κ3) is 3.89. The minimum Gasteiger partial charge on any atom is -0.379 e. The lowest BCUT2D eigenvalue weighted by Gasteiger charge is -2.19. The van der Waals surface area contributed by atoms with Crippen LogP contribution in [0.3, 0.4) is 0 Å². The molecule has 1 aromatic heterocycles. The van der Waals surface area contributed by atoms with Crippen LogP contribution in [0.2, 0.25) is 0 Å². The summed E-state index contributed by atoms with van der Waals surface area (Å²) in [5.41, 5.74) is 6.61. The van der Waals surface area contributed by atoms with E-state index in [1.54, 1.807) is 0 Å². The van der Waals surface area contributed by atoms with Crippen molar-refractivity contribution in [3.8, 4) is 0 Å². The van der Waals surface area contributed by atoms with Crippen LogP contribution in [0.4, 0.5) is 0 Å². The fraction of sp³-hybridized carbons (Fsp3) is 0.500. The topological polar surface area (TPSA) is 74.2 Å². The van der Waals surface area contributed by atoms with Gasteiger partial charge >= 0.3 is 0 Å². The van der Waals surface area contributed by atoms with Crippen LogP contribution in [-0.2, 0) is 10.3 Å². The number of nitrogens with two attached hydrogens (primary N) is 1. The molecule has 0 aliphatic carbocycles. The summed E-state index contributed by atoms with van der Waals surface area (Å²) < 4.78 is 10.9. The summed E-state index contributed by atoms with van der Waals surface area (Å²) in [7, 11) is 0. The van der Waals surface area contributed by atoms with E-state index >= 15 is 0 Å². The lowest BCUT2D eigenvalue weighted by atomic mass is 10.0. The van der Waals surface area contributed by atoms with Gasteiger partial charge in [-0.3, -0.25) is 0 Å². The predicted octanol–water partition coefficient (Wildman–Crippen LogP) is 2.82. The van der Waals surface area contributed by atoms with Crippen LogP contribution >= 0.6 is 0 Å². The Hall–Kier alpha value is -1.72. The van der Waals surface area contributed by atoms with Crippen molar-refractivity contribution >= 4 is 0 Å². The highest BCUT2D eigenvalue weighted by molar-refractivity contribution is 5.23. The molecule has 2 rings (SSSR count). The lowest BCUT2D eigenvalue weighted by molar-refractivity contribution is 0.0867. The molecule has 0 radical (unpaired) electrons. The molecule has 2 N–H and O–H groups in total. The van der Waals surface area contributed by atoms with Crippen molar-refractivity contribution in [2.75, 3.05) is 13.2 Å². The first kappa shape index (κ1) is 15.7. The number of rotatable bonds is 7.